The van der Waals surface area contributed by atoms with E-state index >= 15 is 0 Å². The van der Waals surface area contributed by atoms with Gasteiger partial charge in [0.25, 0.3) is 5.56 Å². The minimum Gasteiger partial charge on any atom is -0.490 e. The lowest BCUT2D eigenvalue weighted by Crippen LogP contribution is -2.33. The summed E-state index contributed by atoms with van der Waals surface area (Å²) in [7, 11) is 1.38. The van der Waals surface area contributed by atoms with Crippen LogP contribution in [0.5, 0.6) is 5.75 Å². The highest BCUT2D eigenvalue weighted by Crippen LogP contribution is 2.06. The molecule has 0 spiro atoms. The lowest BCUT2D eigenvalue weighted by molar-refractivity contribution is 0.0522. The van der Waals surface area contributed by atoms with Gasteiger partial charge in [0.15, 0.2) is 0 Å². The molecule has 7 heteroatoms. The number of alkyl carbamates (subject to hydrolysis) is 1. The molecule has 100 valence electrons. The number of hydrogen-bond acceptors (Lipinski definition) is 5. The first-order valence-electron chi connectivity index (χ1n) is 5.41. The molecular weight excluding hydrogens is 238 g/mol. The fraction of sp³-hybridized carbons (Fsp3) is 0.545. The van der Waals surface area contributed by atoms with Gasteiger partial charge in [-0.1, -0.05) is 0 Å². The minimum absolute atomic E-state index is 0.0775. The largest absolute Gasteiger partial charge is 0.490 e. The third-order valence-corrected chi connectivity index (χ3v) is 1.84. The Labute approximate surface area is 105 Å². The molecule has 1 rings (SSSR count). The predicted molar refractivity (Wildman–Crippen MR) is 64.5 cm³/mol. The van der Waals surface area contributed by atoms with Crippen LogP contribution in [0.3, 0.4) is 0 Å². The summed E-state index contributed by atoms with van der Waals surface area (Å²) in [4.78, 5) is 29.2. The molecule has 0 aliphatic rings. The summed E-state index contributed by atoms with van der Waals surface area (Å²) in [6.07, 6.45) is 0.728. The van der Waals surface area contributed by atoms with Crippen LogP contribution in [0, 0.1) is 0 Å². The molecule has 1 amide bonds. The third kappa shape index (κ3) is 4.44. The number of hydrogen-bond donors (Lipinski definition) is 2. The molecule has 1 aromatic heterocycles. The molecular formula is C11H17N3O4. The maximum absolute atomic E-state index is 11.4. The van der Waals surface area contributed by atoms with Crippen LogP contribution in [0.1, 0.15) is 26.6 Å². The van der Waals surface area contributed by atoms with E-state index in [0.717, 1.165) is 0 Å². The van der Waals surface area contributed by atoms with Gasteiger partial charge in [-0.2, -0.15) is 0 Å². The second kappa shape index (κ2) is 5.52. The highest BCUT2D eigenvalue weighted by atomic mass is 16.6. The van der Waals surface area contributed by atoms with Crippen LogP contribution in [-0.2, 0) is 11.3 Å². The Hall–Kier alpha value is -2.05. The second-order valence-electron chi connectivity index (χ2n) is 4.58. The lowest BCUT2D eigenvalue weighted by Gasteiger charge is -2.19. The van der Waals surface area contributed by atoms with Crippen LogP contribution >= 0.6 is 0 Å². The summed E-state index contributed by atoms with van der Waals surface area (Å²) in [6, 6.07) is 0. The number of methoxy groups -OCH3 is 1. The van der Waals surface area contributed by atoms with Gasteiger partial charge in [0.2, 0.25) is 5.75 Å². The number of amides is 1. The summed E-state index contributed by atoms with van der Waals surface area (Å²) < 4.78 is 9.81. The van der Waals surface area contributed by atoms with Gasteiger partial charge in [0.05, 0.1) is 19.9 Å². The Morgan fingerprint density at radius 1 is 1.50 bits per heavy atom. The molecule has 0 aromatic carbocycles. The van der Waals surface area contributed by atoms with E-state index in [1.165, 1.54) is 13.3 Å². The summed E-state index contributed by atoms with van der Waals surface area (Å²) >= 11 is 0. The van der Waals surface area contributed by atoms with E-state index in [-0.39, 0.29) is 12.3 Å². The predicted octanol–water partition coefficient (Wildman–Crippen LogP) is 0.803. The van der Waals surface area contributed by atoms with Crippen molar-refractivity contribution in [3.8, 4) is 5.75 Å². The molecule has 0 radical (unpaired) electrons. The Morgan fingerprint density at radius 2 is 2.17 bits per heavy atom. The van der Waals surface area contributed by atoms with Crippen molar-refractivity contribution in [3.05, 3.63) is 22.4 Å². The molecule has 2 N–H and O–H groups in total. The zero-order chi connectivity index (χ0) is 13.8. The summed E-state index contributed by atoms with van der Waals surface area (Å²) in [5.41, 5.74) is -0.960. The van der Waals surface area contributed by atoms with Gasteiger partial charge in [-0.25, -0.2) is 9.78 Å². The van der Waals surface area contributed by atoms with Crippen molar-refractivity contribution >= 4 is 6.09 Å². The van der Waals surface area contributed by atoms with Crippen LogP contribution in [0.25, 0.3) is 0 Å². The monoisotopic (exact) mass is 255 g/mol. The smallest absolute Gasteiger partial charge is 0.408 e. The van der Waals surface area contributed by atoms with E-state index in [9.17, 15) is 9.59 Å². The average Bonchev–Trinajstić information content (AvgIpc) is 2.24. The lowest BCUT2D eigenvalue weighted by atomic mass is 10.2. The van der Waals surface area contributed by atoms with E-state index in [2.05, 4.69) is 15.3 Å². The first-order chi connectivity index (χ1) is 8.31. The number of H-pyrrole nitrogens is 1. The first kappa shape index (κ1) is 14.0. The zero-order valence-corrected chi connectivity index (χ0v) is 10.9. The van der Waals surface area contributed by atoms with Gasteiger partial charge in [-0.05, 0) is 20.8 Å². The number of nitrogens with zero attached hydrogens (tertiary/aromatic N) is 1. The summed E-state index contributed by atoms with van der Waals surface area (Å²) in [5, 5.41) is 2.49. The van der Waals surface area contributed by atoms with Crippen molar-refractivity contribution < 1.29 is 14.3 Å². The maximum Gasteiger partial charge on any atom is 0.408 e. The Bertz CT molecular complexity index is 476. The number of aromatic amines is 1. The van der Waals surface area contributed by atoms with E-state index in [4.69, 9.17) is 9.47 Å². The Kier molecular flexibility index (Phi) is 4.30. The number of rotatable bonds is 3. The molecule has 0 saturated carbocycles. The number of aromatic nitrogens is 2. The van der Waals surface area contributed by atoms with Crippen LogP contribution in [0.4, 0.5) is 4.79 Å². The van der Waals surface area contributed by atoms with Crippen molar-refractivity contribution in [3.63, 3.8) is 0 Å². The van der Waals surface area contributed by atoms with Crippen molar-refractivity contribution in [1.29, 1.82) is 0 Å². The normalized spacial score (nSPS) is 10.9. The summed E-state index contributed by atoms with van der Waals surface area (Å²) in [5.74, 6) is 0.447. The fourth-order valence-corrected chi connectivity index (χ4v) is 1.13. The minimum atomic E-state index is -0.569. The number of ether oxygens (including phenoxy) is 2. The van der Waals surface area contributed by atoms with Crippen molar-refractivity contribution in [2.45, 2.75) is 32.9 Å². The molecule has 0 aliphatic carbocycles. The number of carbonyl (C=O) groups excluding carboxylic acids is 1. The van der Waals surface area contributed by atoms with E-state index < -0.39 is 17.3 Å². The van der Waals surface area contributed by atoms with Gasteiger partial charge >= 0.3 is 6.09 Å². The van der Waals surface area contributed by atoms with Crippen LogP contribution in [0.2, 0.25) is 0 Å². The molecule has 0 bridgehead atoms. The summed E-state index contributed by atoms with van der Waals surface area (Å²) in [6.45, 7) is 5.37. The highest BCUT2D eigenvalue weighted by molar-refractivity contribution is 5.67. The quantitative estimate of drug-likeness (QED) is 0.833. The van der Waals surface area contributed by atoms with Gasteiger partial charge in [-0.15, -0.1) is 0 Å². The van der Waals surface area contributed by atoms with Crippen LogP contribution in [-0.4, -0.2) is 28.8 Å². The second-order valence-corrected chi connectivity index (χ2v) is 4.58. The number of carbonyl (C=O) groups is 1. The average molecular weight is 255 g/mol. The van der Waals surface area contributed by atoms with Crippen molar-refractivity contribution in [1.82, 2.24) is 15.3 Å². The molecule has 0 saturated heterocycles. The van der Waals surface area contributed by atoms with E-state index in [0.29, 0.717) is 5.82 Å². The first-order valence-corrected chi connectivity index (χ1v) is 5.41. The molecule has 0 aliphatic heterocycles. The topological polar surface area (TPSA) is 93.3 Å². The highest BCUT2D eigenvalue weighted by Gasteiger charge is 2.15. The maximum atomic E-state index is 11.4. The van der Waals surface area contributed by atoms with Gasteiger partial charge in [0.1, 0.15) is 11.4 Å². The molecule has 1 aromatic rings. The molecule has 0 unspecified atom stereocenters. The van der Waals surface area contributed by atoms with Crippen molar-refractivity contribution in [2.24, 2.45) is 0 Å². The molecule has 0 atom stereocenters. The number of nitrogens with one attached hydrogen (secondary N) is 2. The van der Waals surface area contributed by atoms with E-state index in [1.54, 1.807) is 20.8 Å². The molecule has 1 heterocycles. The molecule has 0 fully saturated rings. The van der Waals surface area contributed by atoms with Crippen molar-refractivity contribution in [2.75, 3.05) is 7.11 Å². The molecule has 7 nitrogen and oxygen atoms in total. The van der Waals surface area contributed by atoms with Gasteiger partial charge in [-0.3, -0.25) is 4.79 Å². The Morgan fingerprint density at radius 3 is 2.67 bits per heavy atom. The third-order valence-electron chi connectivity index (χ3n) is 1.84. The fourth-order valence-electron chi connectivity index (χ4n) is 1.13. The van der Waals surface area contributed by atoms with Gasteiger partial charge < -0.3 is 19.8 Å². The SMILES string of the molecule is COc1cnc(CNC(=O)OC(C)(C)C)[nH]c1=O. The van der Waals surface area contributed by atoms with Gasteiger partial charge in [0, 0.05) is 0 Å². The van der Waals surface area contributed by atoms with Crippen LogP contribution in [0.15, 0.2) is 11.0 Å². The van der Waals surface area contributed by atoms with Crippen LogP contribution < -0.4 is 15.6 Å². The molecule has 18 heavy (non-hydrogen) atoms. The standard InChI is InChI=1S/C11H17N3O4/c1-11(2,3)18-10(16)13-6-8-12-5-7(17-4)9(15)14-8/h5H,6H2,1-4H3,(H,13,16)(H,12,14,15). The Balaban J connectivity index is 2.57. The van der Waals surface area contributed by atoms with E-state index in [1.807, 2.05) is 0 Å². The zero-order valence-electron chi connectivity index (χ0n) is 10.9.